The molecule has 1 aromatic carbocycles. The van der Waals surface area contributed by atoms with Gasteiger partial charge in [-0.15, -0.1) is 0 Å². The third kappa shape index (κ3) is 2.87. The van der Waals surface area contributed by atoms with Gasteiger partial charge in [0.15, 0.2) is 0 Å². The van der Waals surface area contributed by atoms with E-state index in [0.29, 0.717) is 12.5 Å². The zero-order chi connectivity index (χ0) is 12.8. The van der Waals surface area contributed by atoms with E-state index in [1.54, 1.807) is 0 Å². The number of nitrogens with one attached hydrogen (secondary N) is 1. The molecule has 3 nitrogen and oxygen atoms in total. The van der Waals surface area contributed by atoms with E-state index in [0.717, 1.165) is 12.1 Å². The molecule has 3 heteroatoms. The van der Waals surface area contributed by atoms with Gasteiger partial charge >= 0.3 is 0 Å². The van der Waals surface area contributed by atoms with Crippen molar-refractivity contribution in [3.8, 4) is 5.88 Å². The minimum absolute atomic E-state index is 0.556. The summed E-state index contributed by atoms with van der Waals surface area (Å²) >= 11 is 0. The molecule has 1 N–H and O–H groups in total. The van der Waals surface area contributed by atoms with E-state index in [1.165, 1.54) is 10.9 Å². The Hall–Kier alpha value is -1.87. The van der Waals surface area contributed by atoms with Crippen LogP contribution in [0.5, 0.6) is 5.88 Å². The SMILES string of the molecule is CC=CCOc1cc(CNC)c2ccccc2n1. The second kappa shape index (κ2) is 6.17. The van der Waals surface area contributed by atoms with Crippen LogP contribution in [0.1, 0.15) is 12.5 Å². The van der Waals surface area contributed by atoms with Crippen LogP contribution in [-0.2, 0) is 6.54 Å². The number of allylic oxidation sites excluding steroid dienone is 1. The first-order valence-electron chi connectivity index (χ1n) is 6.12. The number of pyridine rings is 1. The largest absolute Gasteiger partial charge is 0.473 e. The molecule has 0 atom stereocenters. The van der Waals surface area contributed by atoms with Crippen LogP contribution >= 0.6 is 0 Å². The lowest BCUT2D eigenvalue weighted by Gasteiger charge is -2.09. The standard InChI is InChI=1S/C15H18N2O/c1-3-4-9-18-15-10-12(11-16-2)13-7-5-6-8-14(13)17-15/h3-8,10,16H,9,11H2,1-2H3. The zero-order valence-corrected chi connectivity index (χ0v) is 10.8. The highest BCUT2D eigenvalue weighted by Crippen LogP contribution is 2.21. The molecule has 2 rings (SSSR count). The number of benzene rings is 1. The summed E-state index contributed by atoms with van der Waals surface area (Å²) in [4.78, 5) is 4.51. The summed E-state index contributed by atoms with van der Waals surface area (Å²) in [7, 11) is 1.94. The van der Waals surface area contributed by atoms with E-state index in [2.05, 4.69) is 16.4 Å². The van der Waals surface area contributed by atoms with Gasteiger partial charge in [0, 0.05) is 18.0 Å². The molecule has 0 aliphatic carbocycles. The van der Waals surface area contributed by atoms with Crippen molar-refractivity contribution in [3.05, 3.63) is 48.0 Å². The zero-order valence-electron chi connectivity index (χ0n) is 10.8. The molecular weight excluding hydrogens is 224 g/mol. The van der Waals surface area contributed by atoms with E-state index in [1.807, 2.05) is 50.4 Å². The van der Waals surface area contributed by atoms with Gasteiger partial charge in [0.05, 0.1) is 5.52 Å². The first kappa shape index (κ1) is 12.6. The molecule has 94 valence electrons. The van der Waals surface area contributed by atoms with Gasteiger partial charge in [0.1, 0.15) is 6.61 Å². The van der Waals surface area contributed by atoms with Gasteiger partial charge in [-0.25, -0.2) is 4.98 Å². The monoisotopic (exact) mass is 242 g/mol. The number of aromatic nitrogens is 1. The van der Waals surface area contributed by atoms with Crippen LogP contribution in [0.15, 0.2) is 42.5 Å². The number of para-hydroxylation sites is 1. The molecule has 0 unspecified atom stereocenters. The quantitative estimate of drug-likeness (QED) is 0.819. The normalized spacial score (nSPS) is 11.2. The molecule has 0 aliphatic heterocycles. The predicted octanol–water partition coefficient (Wildman–Crippen LogP) is 2.91. The molecule has 0 radical (unpaired) electrons. The molecule has 0 amide bonds. The second-order valence-electron chi connectivity index (χ2n) is 4.05. The Labute approximate surface area is 107 Å². The van der Waals surface area contributed by atoms with Gasteiger partial charge in [0.25, 0.3) is 0 Å². The van der Waals surface area contributed by atoms with Crippen LogP contribution in [0.25, 0.3) is 10.9 Å². The van der Waals surface area contributed by atoms with Crippen molar-refractivity contribution < 1.29 is 4.74 Å². The molecule has 0 spiro atoms. The summed E-state index contributed by atoms with van der Waals surface area (Å²) in [5.74, 6) is 0.678. The van der Waals surface area contributed by atoms with Crippen LogP contribution < -0.4 is 10.1 Å². The lowest BCUT2D eigenvalue weighted by molar-refractivity contribution is 0.349. The molecule has 0 aliphatic rings. The van der Waals surface area contributed by atoms with E-state index >= 15 is 0 Å². The minimum atomic E-state index is 0.556. The van der Waals surface area contributed by atoms with E-state index in [9.17, 15) is 0 Å². The molecule has 2 aromatic rings. The molecule has 0 saturated carbocycles. The molecular formula is C15H18N2O. The van der Waals surface area contributed by atoms with Crippen LogP contribution in [0.3, 0.4) is 0 Å². The van der Waals surface area contributed by atoms with Crippen molar-refractivity contribution in [2.45, 2.75) is 13.5 Å². The summed E-state index contributed by atoms with van der Waals surface area (Å²) in [6.45, 7) is 3.34. The Morgan fingerprint density at radius 3 is 2.94 bits per heavy atom. The van der Waals surface area contributed by atoms with Crippen molar-refractivity contribution in [1.29, 1.82) is 0 Å². The van der Waals surface area contributed by atoms with E-state index in [-0.39, 0.29) is 0 Å². The molecule has 0 bridgehead atoms. The Morgan fingerprint density at radius 1 is 1.33 bits per heavy atom. The smallest absolute Gasteiger partial charge is 0.214 e. The van der Waals surface area contributed by atoms with Crippen molar-refractivity contribution in [2.75, 3.05) is 13.7 Å². The minimum Gasteiger partial charge on any atom is -0.473 e. The summed E-state index contributed by atoms with van der Waals surface area (Å²) in [5, 5.41) is 4.34. The Bertz CT molecular complexity index is 549. The van der Waals surface area contributed by atoms with Crippen LogP contribution in [-0.4, -0.2) is 18.6 Å². The molecule has 0 saturated heterocycles. The Kier molecular flexibility index (Phi) is 4.31. The molecule has 18 heavy (non-hydrogen) atoms. The fourth-order valence-corrected chi connectivity index (χ4v) is 1.86. The third-order valence-electron chi connectivity index (χ3n) is 2.71. The number of rotatable bonds is 5. The summed E-state index contributed by atoms with van der Waals surface area (Å²) in [5.41, 5.74) is 2.18. The van der Waals surface area contributed by atoms with Gasteiger partial charge < -0.3 is 10.1 Å². The van der Waals surface area contributed by atoms with Crippen molar-refractivity contribution in [2.24, 2.45) is 0 Å². The topological polar surface area (TPSA) is 34.1 Å². The van der Waals surface area contributed by atoms with Crippen LogP contribution in [0.4, 0.5) is 0 Å². The lowest BCUT2D eigenvalue weighted by atomic mass is 10.1. The number of nitrogens with zero attached hydrogens (tertiary/aromatic N) is 1. The second-order valence-corrected chi connectivity index (χ2v) is 4.05. The van der Waals surface area contributed by atoms with Crippen LogP contribution in [0.2, 0.25) is 0 Å². The highest BCUT2D eigenvalue weighted by molar-refractivity contribution is 5.82. The van der Waals surface area contributed by atoms with Gasteiger partial charge in [-0.3, -0.25) is 0 Å². The van der Waals surface area contributed by atoms with Gasteiger partial charge in [-0.2, -0.15) is 0 Å². The first-order chi connectivity index (χ1) is 8.85. The highest BCUT2D eigenvalue weighted by Gasteiger charge is 2.05. The van der Waals surface area contributed by atoms with Crippen molar-refractivity contribution in [1.82, 2.24) is 10.3 Å². The maximum Gasteiger partial charge on any atom is 0.214 e. The predicted molar refractivity (Wildman–Crippen MR) is 74.8 cm³/mol. The summed E-state index contributed by atoms with van der Waals surface area (Å²) in [6.07, 6.45) is 3.93. The molecule has 1 aromatic heterocycles. The number of fused-ring (bicyclic) bond motifs is 1. The third-order valence-corrected chi connectivity index (χ3v) is 2.71. The average Bonchev–Trinajstić information content (AvgIpc) is 2.39. The van der Waals surface area contributed by atoms with E-state index < -0.39 is 0 Å². The molecule has 1 heterocycles. The van der Waals surface area contributed by atoms with Gasteiger partial charge in [0.2, 0.25) is 5.88 Å². The first-order valence-corrected chi connectivity index (χ1v) is 6.12. The van der Waals surface area contributed by atoms with Crippen LogP contribution in [0, 0.1) is 0 Å². The average molecular weight is 242 g/mol. The Morgan fingerprint density at radius 2 is 2.17 bits per heavy atom. The fraction of sp³-hybridized carbons (Fsp3) is 0.267. The fourth-order valence-electron chi connectivity index (χ4n) is 1.86. The number of hydrogen-bond donors (Lipinski definition) is 1. The van der Waals surface area contributed by atoms with Crippen molar-refractivity contribution in [3.63, 3.8) is 0 Å². The van der Waals surface area contributed by atoms with Gasteiger partial charge in [-0.1, -0.05) is 30.4 Å². The number of ether oxygens (including phenoxy) is 1. The Balaban J connectivity index is 2.37. The van der Waals surface area contributed by atoms with Gasteiger partial charge in [-0.05, 0) is 25.6 Å². The summed E-state index contributed by atoms with van der Waals surface area (Å²) in [6, 6.07) is 10.1. The molecule has 0 fully saturated rings. The number of hydrogen-bond acceptors (Lipinski definition) is 3. The maximum atomic E-state index is 5.62. The lowest BCUT2D eigenvalue weighted by Crippen LogP contribution is -2.07. The van der Waals surface area contributed by atoms with Crippen molar-refractivity contribution >= 4 is 10.9 Å². The van der Waals surface area contributed by atoms with E-state index in [4.69, 9.17) is 4.74 Å². The summed E-state index contributed by atoms with van der Waals surface area (Å²) < 4.78 is 5.62. The highest BCUT2D eigenvalue weighted by atomic mass is 16.5. The maximum absolute atomic E-state index is 5.62.